The lowest BCUT2D eigenvalue weighted by molar-refractivity contribution is -0.143. The van der Waals surface area contributed by atoms with Gasteiger partial charge in [-0.15, -0.1) is 0 Å². The predicted octanol–water partition coefficient (Wildman–Crippen LogP) is 0.521. The van der Waals surface area contributed by atoms with Gasteiger partial charge in [-0.2, -0.15) is 0 Å². The molecule has 0 bridgehead atoms. The number of carbonyl (C=O) groups excluding carboxylic acids is 1. The van der Waals surface area contributed by atoms with Gasteiger partial charge >= 0.3 is 5.97 Å². The molecule has 13 heavy (non-hydrogen) atoms. The van der Waals surface area contributed by atoms with Crippen LogP contribution in [0, 0.1) is 0 Å². The molecule has 0 atom stereocenters. The highest BCUT2D eigenvalue weighted by Gasteiger charge is 2.20. The van der Waals surface area contributed by atoms with Crippen molar-refractivity contribution in [2.75, 3.05) is 26.4 Å². The zero-order chi connectivity index (χ0) is 9.68. The molecular formula is C9H14O4. The summed E-state index contributed by atoms with van der Waals surface area (Å²) in [5.41, 5.74) is 0.355. The number of esters is 1. The third-order valence-electron chi connectivity index (χ3n) is 1.66. The van der Waals surface area contributed by atoms with Crippen LogP contribution in [0.2, 0.25) is 0 Å². The van der Waals surface area contributed by atoms with Crippen molar-refractivity contribution in [3.05, 3.63) is 12.2 Å². The highest BCUT2D eigenvalue weighted by molar-refractivity contribution is 5.87. The third kappa shape index (κ3) is 3.16. The fourth-order valence-corrected chi connectivity index (χ4v) is 0.821. The Morgan fingerprint density at radius 1 is 1.62 bits per heavy atom. The lowest BCUT2D eigenvalue weighted by Crippen LogP contribution is -2.36. The molecule has 0 aromatic carbocycles. The van der Waals surface area contributed by atoms with Gasteiger partial charge in [0.25, 0.3) is 0 Å². The monoisotopic (exact) mass is 186 g/mol. The second-order valence-electron chi connectivity index (χ2n) is 2.79. The molecule has 0 spiro atoms. The Kier molecular flexibility index (Phi) is 3.92. The van der Waals surface area contributed by atoms with Gasteiger partial charge in [-0.25, -0.2) is 4.79 Å². The fourth-order valence-electron chi connectivity index (χ4n) is 0.821. The molecule has 1 heterocycles. The van der Waals surface area contributed by atoms with E-state index in [0.29, 0.717) is 25.4 Å². The van der Waals surface area contributed by atoms with Crippen molar-refractivity contribution in [1.29, 1.82) is 0 Å². The summed E-state index contributed by atoms with van der Waals surface area (Å²) in [7, 11) is 0. The molecule has 4 heteroatoms. The molecule has 1 aliphatic rings. The van der Waals surface area contributed by atoms with Gasteiger partial charge < -0.3 is 14.2 Å². The molecule has 1 aliphatic heterocycles. The van der Waals surface area contributed by atoms with Crippen LogP contribution in [0.1, 0.15) is 6.92 Å². The summed E-state index contributed by atoms with van der Waals surface area (Å²) >= 11 is 0. The van der Waals surface area contributed by atoms with Gasteiger partial charge in [-0.3, -0.25) is 0 Å². The average Bonchev–Trinajstić information content (AvgIpc) is 2.01. The summed E-state index contributed by atoms with van der Waals surface area (Å²) in [6, 6.07) is 0. The Morgan fingerprint density at radius 2 is 2.31 bits per heavy atom. The fraction of sp³-hybridized carbons (Fsp3) is 0.667. The molecule has 1 fully saturated rings. The Labute approximate surface area is 77.5 Å². The lowest BCUT2D eigenvalue weighted by Gasteiger charge is -2.25. The molecule has 0 aromatic heterocycles. The van der Waals surface area contributed by atoms with E-state index in [1.165, 1.54) is 0 Å². The van der Waals surface area contributed by atoms with Gasteiger partial charge in [0, 0.05) is 0 Å². The third-order valence-corrected chi connectivity index (χ3v) is 1.66. The summed E-state index contributed by atoms with van der Waals surface area (Å²) in [4.78, 5) is 11.0. The molecule has 74 valence electrons. The van der Waals surface area contributed by atoms with Crippen LogP contribution in [0.4, 0.5) is 0 Å². The molecule has 1 saturated heterocycles. The van der Waals surface area contributed by atoms with Crippen LogP contribution in [0.15, 0.2) is 12.2 Å². The zero-order valence-electron chi connectivity index (χ0n) is 7.75. The van der Waals surface area contributed by atoms with Crippen molar-refractivity contribution in [2.24, 2.45) is 0 Å². The summed E-state index contributed by atoms with van der Waals surface area (Å²) < 4.78 is 14.9. The van der Waals surface area contributed by atoms with E-state index in [9.17, 15) is 4.79 Å². The molecular weight excluding hydrogens is 172 g/mol. The highest BCUT2D eigenvalue weighted by Crippen LogP contribution is 2.07. The number of carbonyl (C=O) groups is 1. The van der Waals surface area contributed by atoms with Crippen molar-refractivity contribution >= 4 is 5.97 Å². The Hall–Kier alpha value is -0.870. The molecule has 4 nitrogen and oxygen atoms in total. The van der Waals surface area contributed by atoms with Crippen molar-refractivity contribution in [2.45, 2.75) is 13.0 Å². The minimum Gasteiger partial charge on any atom is -0.463 e. The van der Waals surface area contributed by atoms with Crippen molar-refractivity contribution < 1.29 is 19.0 Å². The number of rotatable bonds is 5. The van der Waals surface area contributed by atoms with Crippen molar-refractivity contribution in [3.63, 3.8) is 0 Å². The topological polar surface area (TPSA) is 44.8 Å². The van der Waals surface area contributed by atoms with E-state index in [2.05, 4.69) is 6.58 Å². The van der Waals surface area contributed by atoms with Crippen LogP contribution >= 0.6 is 0 Å². The quantitative estimate of drug-likeness (QED) is 0.464. The zero-order valence-corrected chi connectivity index (χ0v) is 7.75. The maximum absolute atomic E-state index is 11.0. The summed E-state index contributed by atoms with van der Waals surface area (Å²) in [5.74, 6) is -0.386. The summed E-state index contributed by atoms with van der Waals surface area (Å²) in [6.07, 6.45) is 0.117. The molecule has 0 amide bonds. The van der Waals surface area contributed by atoms with Gasteiger partial charge in [-0.1, -0.05) is 6.58 Å². The minimum atomic E-state index is -0.386. The molecule has 0 radical (unpaired) electrons. The maximum Gasteiger partial charge on any atom is 0.335 e. The van der Waals surface area contributed by atoms with Crippen LogP contribution in [-0.4, -0.2) is 38.5 Å². The van der Waals surface area contributed by atoms with Gasteiger partial charge in [0.2, 0.25) is 0 Å². The van der Waals surface area contributed by atoms with Crippen LogP contribution in [-0.2, 0) is 19.0 Å². The smallest absolute Gasteiger partial charge is 0.335 e. The van der Waals surface area contributed by atoms with E-state index in [4.69, 9.17) is 14.2 Å². The van der Waals surface area contributed by atoms with E-state index in [1.807, 2.05) is 0 Å². The highest BCUT2D eigenvalue weighted by atomic mass is 16.6. The Bertz CT molecular complexity index is 196. The summed E-state index contributed by atoms with van der Waals surface area (Å²) in [5, 5.41) is 0. The van der Waals surface area contributed by atoms with E-state index in [0.717, 1.165) is 0 Å². The Morgan fingerprint density at radius 3 is 2.77 bits per heavy atom. The van der Waals surface area contributed by atoms with Crippen LogP contribution in [0.3, 0.4) is 0 Å². The predicted molar refractivity (Wildman–Crippen MR) is 46.3 cm³/mol. The van der Waals surface area contributed by atoms with Gasteiger partial charge in [0.1, 0.15) is 6.10 Å². The lowest BCUT2D eigenvalue weighted by atomic mass is 10.3. The number of hydrogen-bond acceptors (Lipinski definition) is 4. The van der Waals surface area contributed by atoms with E-state index in [-0.39, 0.29) is 18.7 Å². The van der Waals surface area contributed by atoms with Crippen molar-refractivity contribution in [1.82, 2.24) is 0 Å². The first kappa shape index (κ1) is 10.2. The minimum absolute atomic E-state index is 0.117. The summed E-state index contributed by atoms with van der Waals surface area (Å²) in [6.45, 7) is 7.13. The molecule has 0 saturated carbocycles. The molecule has 0 aliphatic carbocycles. The average molecular weight is 186 g/mol. The molecule has 1 rings (SSSR count). The Balaban J connectivity index is 2.12. The van der Waals surface area contributed by atoms with Crippen LogP contribution in [0.25, 0.3) is 0 Å². The number of ether oxygens (including phenoxy) is 3. The second kappa shape index (κ2) is 4.99. The van der Waals surface area contributed by atoms with E-state index < -0.39 is 0 Å². The number of hydrogen-bond donors (Lipinski definition) is 0. The van der Waals surface area contributed by atoms with Crippen molar-refractivity contribution in [3.8, 4) is 0 Å². The van der Waals surface area contributed by atoms with E-state index in [1.54, 1.807) is 6.92 Å². The van der Waals surface area contributed by atoms with Crippen LogP contribution < -0.4 is 0 Å². The van der Waals surface area contributed by atoms with Gasteiger partial charge in [0.15, 0.2) is 0 Å². The largest absolute Gasteiger partial charge is 0.463 e. The molecule has 0 unspecified atom stereocenters. The SMILES string of the molecule is C=C(COC1COC1)C(=O)OCC. The second-order valence-corrected chi connectivity index (χ2v) is 2.79. The molecule has 0 N–H and O–H groups in total. The first-order chi connectivity index (χ1) is 6.24. The van der Waals surface area contributed by atoms with Crippen LogP contribution in [0.5, 0.6) is 0 Å². The molecule has 0 aromatic rings. The standard InChI is InChI=1S/C9H14O4/c1-3-12-9(10)7(2)4-13-8-5-11-6-8/h8H,2-6H2,1H3. The maximum atomic E-state index is 11.0. The van der Waals surface area contributed by atoms with Gasteiger partial charge in [-0.05, 0) is 6.92 Å². The normalized spacial score (nSPS) is 16.4. The van der Waals surface area contributed by atoms with Gasteiger partial charge in [0.05, 0.1) is 32.0 Å². The first-order valence-corrected chi connectivity index (χ1v) is 4.28. The van der Waals surface area contributed by atoms with E-state index >= 15 is 0 Å². The first-order valence-electron chi connectivity index (χ1n) is 4.28.